The van der Waals surface area contributed by atoms with Crippen molar-refractivity contribution in [3.05, 3.63) is 95.1 Å². The van der Waals surface area contributed by atoms with E-state index in [1.807, 2.05) is 80.6 Å². The van der Waals surface area contributed by atoms with Gasteiger partial charge in [0.05, 0.1) is 11.0 Å². The fourth-order valence-corrected chi connectivity index (χ4v) is 4.56. The summed E-state index contributed by atoms with van der Waals surface area (Å²) in [4.78, 5) is 32.0. The number of hydrogen-bond donors (Lipinski definition) is 3. The van der Waals surface area contributed by atoms with Gasteiger partial charge in [-0.3, -0.25) is 9.59 Å². The highest BCUT2D eigenvalue weighted by Gasteiger charge is 2.14. The van der Waals surface area contributed by atoms with Gasteiger partial charge in [-0.25, -0.2) is 4.98 Å². The summed E-state index contributed by atoms with van der Waals surface area (Å²) in [6, 6.07) is 23.3. The van der Waals surface area contributed by atoms with E-state index in [-0.39, 0.29) is 12.3 Å². The van der Waals surface area contributed by atoms with E-state index in [4.69, 9.17) is 10.1 Å². The molecule has 174 valence electrons. The van der Waals surface area contributed by atoms with Crippen LogP contribution in [0.25, 0.3) is 33.2 Å². The number of carbonyl (C=O) groups is 2. The second-order valence-corrected chi connectivity index (χ2v) is 8.83. The number of rotatable bonds is 6. The van der Waals surface area contributed by atoms with E-state index < -0.39 is 5.97 Å². The van der Waals surface area contributed by atoms with Gasteiger partial charge in [0.15, 0.2) is 0 Å². The summed E-state index contributed by atoms with van der Waals surface area (Å²) >= 11 is 0. The smallest absolute Gasteiger partial charge is 0.303 e. The molecular formula is C29H25N3O3. The maximum absolute atomic E-state index is 12.9. The van der Waals surface area contributed by atoms with Crippen LogP contribution in [0.15, 0.2) is 72.8 Å². The van der Waals surface area contributed by atoms with Gasteiger partial charge in [0.2, 0.25) is 0 Å². The number of aromatic amines is 1. The van der Waals surface area contributed by atoms with E-state index in [0.29, 0.717) is 12.0 Å². The number of carboxylic acid groups (broad SMARTS) is 1. The molecule has 35 heavy (non-hydrogen) atoms. The minimum atomic E-state index is -0.804. The van der Waals surface area contributed by atoms with Crippen LogP contribution in [0.3, 0.4) is 0 Å². The molecule has 5 rings (SSSR count). The Labute approximate surface area is 202 Å². The molecule has 0 unspecified atom stereocenters. The first-order valence-corrected chi connectivity index (χ1v) is 11.5. The van der Waals surface area contributed by atoms with Crippen molar-refractivity contribution >= 4 is 39.4 Å². The summed E-state index contributed by atoms with van der Waals surface area (Å²) in [7, 11) is 0. The van der Waals surface area contributed by atoms with E-state index in [1.54, 1.807) is 6.07 Å². The number of amides is 1. The van der Waals surface area contributed by atoms with Crippen LogP contribution >= 0.6 is 0 Å². The number of carboxylic acids is 1. The molecule has 0 saturated carbocycles. The predicted octanol–water partition coefficient (Wildman–Crippen LogP) is 6.27. The summed E-state index contributed by atoms with van der Waals surface area (Å²) in [5, 5.41) is 14.1. The third kappa shape index (κ3) is 4.64. The van der Waals surface area contributed by atoms with Gasteiger partial charge in [-0.1, -0.05) is 42.5 Å². The highest BCUT2D eigenvalue weighted by molar-refractivity contribution is 6.06. The van der Waals surface area contributed by atoms with Crippen molar-refractivity contribution in [2.24, 2.45) is 0 Å². The standard InChI is InChI=1S/C29H25N3O3/c1-17-13-19(7-12-26(33)34)14-18(2)27(17)28-31-24-11-9-22(16-25(24)32-28)29(35)30-23-10-8-20-5-3-4-6-21(20)15-23/h3-6,8-11,13-16H,7,12H2,1-2H3,(H,30,35)(H,31,32)(H,33,34). The molecule has 1 aromatic heterocycles. The van der Waals surface area contributed by atoms with Crippen LogP contribution in [-0.2, 0) is 11.2 Å². The van der Waals surface area contributed by atoms with E-state index in [1.165, 1.54) is 0 Å². The number of nitrogens with zero attached hydrogens (tertiary/aromatic N) is 1. The lowest BCUT2D eigenvalue weighted by Crippen LogP contribution is -2.11. The summed E-state index contributed by atoms with van der Waals surface area (Å²) < 4.78 is 0. The number of nitrogens with one attached hydrogen (secondary N) is 2. The zero-order valence-corrected chi connectivity index (χ0v) is 19.6. The Morgan fingerprint density at radius 2 is 1.66 bits per heavy atom. The van der Waals surface area contributed by atoms with Gasteiger partial charge in [0.1, 0.15) is 5.82 Å². The second kappa shape index (κ2) is 9.06. The van der Waals surface area contributed by atoms with Crippen molar-refractivity contribution in [1.82, 2.24) is 9.97 Å². The van der Waals surface area contributed by atoms with Gasteiger partial charge < -0.3 is 15.4 Å². The van der Waals surface area contributed by atoms with Gasteiger partial charge in [-0.2, -0.15) is 0 Å². The number of benzene rings is 4. The first-order chi connectivity index (χ1) is 16.9. The van der Waals surface area contributed by atoms with Crippen molar-refractivity contribution in [1.29, 1.82) is 0 Å². The zero-order valence-electron chi connectivity index (χ0n) is 19.6. The molecule has 5 aromatic rings. The number of carbonyl (C=O) groups excluding carboxylic acids is 1. The van der Waals surface area contributed by atoms with E-state index >= 15 is 0 Å². The number of fused-ring (bicyclic) bond motifs is 2. The van der Waals surface area contributed by atoms with Crippen LogP contribution in [0.1, 0.15) is 33.5 Å². The Morgan fingerprint density at radius 1 is 0.914 bits per heavy atom. The quantitative estimate of drug-likeness (QED) is 0.277. The van der Waals surface area contributed by atoms with Gasteiger partial charge in [-0.05, 0) is 78.1 Å². The molecule has 0 bridgehead atoms. The normalized spacial score (nSPS) is 11.1. The monoisotopic (exact) mass is 463 g/mol. The van der Waals surface area contributed by atoms with Crippen molar-refractivity contribution in [3.63, 3.8) is 0 Å². The van der Waals surface area contributed by atoms with Crippen LogP contribution in [0, 0.1) is 13.8 Å². The van der Waals surface area contributed by atoms with Gasteiger partial charge >= 0.3 is 5.97 Å². The lowest BCUT2D eigenvalue weighted by atomic mass is 9.97. The zero-order chi connectivity index (χ0) is 24.5. The summed E-state index contributed by atoms with van der Waals surface area (Å²) in [6.45, 7) is 4.00. The molecule has 6 nitrogen and oxygen atoms in total. The number of H-pyrrole nitrogens is 1. The average molecular weight is 464 g/mol. The molecule has 6 heteroatoms. The molecular weight excluding hydrogens is 438 g/mol. The summed E-state index contributed by atoms with van der Waals surface area (Å²) in [5.74, 6) is -0.262. The van der Waals surface area contributed by atoms with Crippen LogP contribution in [0.2, 0.25) is 0 Å². The average Bonchev–Trinajstić information content (AvgIpc) is 3.25. The number of aromatic nitrogens is 2. The maximum Gasteiger partial charge on any atom is 0.303 e. The summed E-state index contributed by atoms with van der Waals surface area (Å²) in [5.41, 5.74) is 6.87. The van der Waals surface area contributed by atoms with E-state index in [2.05, 4.69) is 10.3 Å². The van der Waals surface area contributed by atoms with Crippen LogP contribution in [0.5, 0.6) is 0 Å². The molecule has 0 atom stereocenters. The Bertz CT molecular complexity index is 1580. The number of hydrogen-bond acceptors (Lipinski definition) is 3. The van der Waals surface area contributed by atoms with Crippen LogP contribution in [0.4, 0.5) is 5.69 Å². The van der Waals surface area contributed by atoms with E-state index in [9.17, 15) is 9.59 Å². The number of anilines is 1. The molecule has 1 amide bonds. The van der Waals surface area contributed by atoms with Gasteiger partial charge in [-0.15, -0.1) is 0 Å². The van der Waals surface area contributed by atoms with E-state index in [0.717, 1.165) is 55.6 Å². The Balaban J connectivity index is 1.41. The molecule has 1 heterocycles. The molecule has 0 saturated heterocycles. The Morgan fingerprint density at radius 3 is 2.40 bits per heavy atom. The van der Waals surface area contributed by atoms with Crippen LogP contribution in [-0.4, -0.2) is 27.0 Å². The van der Waals surface area contributed by atoms with Crippen molar-refractivity contribution in [3.8, 4) is 11.4 Å². The molecule has 0 aliphatic rings. The predicted molar refractivity (Wildman–Crippen MR) is 139 cm³/mol. The number of aliphatic carboxylic acids is 1. The third-order valence-electron chi connectivity index (χ3n) is 6.21. The number of imidazole rings is 1. The molecule has 0 aliphatic heterocycles. The molecule has 4 aromatic carbocycles. The van der Waals surface area contributed by atoms with Gasteiger partial charge in [0.25, 0.3) is 5.91 Å². The lowest BCUT2D eigenvalue weighted by molar-refractivity contribution is -0.136. The maximum atomic E-state index is 12.9. The second-order valence-electron chi connectivity index (χ2n) is 8.83. The summed E-state index contributed by atoms with van der Waals surface area (Å²) in [6.07, 6.45) is 0.597. The molecule has 0 spiro atoms. The first kappa shape index (κ1) is 22.3. The molecule has 0 radical (unpaired) electrons. The lowest BCUT2D eigenvalue weighted by Gasteiger charge is -2.10. The number of aryl methyl sites for hydroxylation is 3. The SMILES string of the molecule is Cc1cc(CCC(=O)O)cc(C)c1-c1nc2ccc(C(=O)Nc3ccc4ccccc4c3)cc2[nH]1. The minimum absolute atomic E-state index is 0.104. The van der Waals surface area contributed by atoms with Crippen molar-refractivity contribution < 1.29 is 14.7 Å². The molecule has 0 fully saturated rings. The fraction of sp³-hybridized carbons (Fsp3) is 0.138. The molecule has 0 aliphatic carbocycles. The Hall–Kier alpha value is -4.45. The Kier molecular flexibility index (Phi) is 5.79. The fourth-order valence-electron chi connectivity index (χ4n) is 4.56. The largest absolute Gasteiger partial charge is 0.481 e. The van der Waals surface area contributed by atoms with Crippen molar-refractivity contribution in [2.45, 2.75) is 26.7 Å². The highest BCUT2D eigenvalue weighted by atomic mass is 16.4. The van der Waals surface area contributed by atoms with Crippen LogP contribution < -0.4 is 5.32 Å². The van der Waals surface area contributed by atoms with Crippen molar-refractivity contribution in [2.75, 3.05) is 5.32 Å². The van der Waals surface area contributed by atoms with Gasteiger partial charge in [0, 0.05) is 23.2 Å². The third-order valence-corrected chi connectivity index (χ3v) is 6.21. The topological polar surface area (TPSA) is 95.1 Å². The highest BCUT2D eigenvalue weighted by Crippen LogP contribution is 2.29. The molecule has 3 N–H and O–H groups in total. The minimum Gasteiger partial charge on any atom is -0.481 e. The first-order valence-electron chi connectivity index (χ1n) is 11.5.